The van der Waals surface area contributed by atoms with Crippen molar-refractivity contribution in [1.29, 1.82) is 0 Å². The number of nitrogens with zero attached hydrogens (tertiary/aromatic N) is 1. The number of nitrogens with one attached hydrogen (secondary N) is 1. The number of halogens is 2. The lowest BCUT2D eigenvalue weighted by molar-refractivity contribution is -0.116. The summed E-state index contributed by atoms with van der Waals surface area (Å²) in [6.45, 7) is 1.47. The van der Waals surface area contributed by atoms with Crippen LogP contribution in [0, 0.1) is 0 Å². The standard InChI is InChI=1S/C18H20Cl2N2O5S/c1-11(18(23)21-12-5-7-14(19)15(20)9-12)22(28(4,24)25)16-10-13(26-2)6-8-17(16)27-3/h5-11H,1-4H3,(H,21,23)/t11-/m0/s1. The Bertz CT molecular complexity index is 982. The molecule has 2 aromatic carbocycles. The van der Waals surface area contributed by atoms with E-state index >= 15 is 0 Å². The average molecular weight is 447 g/mol. The van der Waals surface area contributed by atoms with Crippen LogP contribution < -0.4 is 19.1 Å². The fourth-order valence-electron chi connectivity index (χ4n) is 2.57. The molecule has 0 bridgehead atoms. The number of carbonyl (C=O) groups excluding carboxylic acids is 1. The zero-order valence-corrected chi connectivity index (χ0v) is 18.0. The SMILES string of the molecule is COc1ccc(OC)c(N([C@@H](C)C(=O)Nc2ccc(Cl)c(Cl)c2)S(C)(=O)=O)c1. The summed E-state index contributed by atoms with van der Waals surface area (Å²) >= 11 is 11.8. The van der Waals surface area contributed by atoms with Crippen molar-refractivity contribution >= 4 is 50.5 Å². The Morgan fingerprint density at radius 3 is 2.29 bits per heavy atom. The number of benzene rings is 2. The molecule has 0 spiro atoms. The number of anilines is 2. The molecule has 152 valence electrons. The van der Waals surface area contributed by atoms with Gasteiger partial charge < -0.3 is 14.8 Å². The number of amides is 1. The lowest BCUT2D eigenvalue weighted by Crippen LogP contribution is -2.45. The van der Waals surface area contributed by atoms with Gasteiger partial charge in [-0.3, -0.25) is 9.10 Å². The summed E-state index contributed by atoms with van der Waals surface area (Å²) in [5, 5.41) is 3.24. The van der Waals surface area contributed by atoms with Gasteiger partial charge in [-0.15, -0.1) is 0 Å². The molecule has 2 aromatic rings. The smallest absolute Gasteiger partial charge is 0.247 e. The van der Waals surface area contributed by atoms with Gasteiger partial charge in [0, 0.05) is 11.8 Å². The van der Waals surface area contributed by atoms with Crippen LogP contribution in [0.2, 0.25) is 10.0 Å². The normalized spacial score (nSPS) is 12.2. The van der Waals surface area contributed by atoms with E-state index in [-0.39, 0.29) is 16.5 Å². The molecule has 7 nitrogen and oxygen atoms in total. The van der Waals surface area contributed by atoms with Crippen LogP contribution in [0.25, 0.3) is 0 Å². The fraction of sp³-hybridized carbons (Fsp3) is 0.278. The molecule has 2 rings (SSSR count). The molecule has 0 heterocycles. The molecule has 1 N–H and O–H groups in total. The maximum atomic E-state index is 12.8. The Labute approximate surface area is 174 Å². The third kappa shape index (κ3) is 5.01. The van der Waals surface area contributed by atoms with E-state index in [1.807, 2.05) is 0 Å². The van der Waals surface area contributed by atoms with Crippen LogP contribution in [0.4, 0.5) is 11.4 Å². The van der Waals surface area contributed by atoms with Crippen LogP contribution in [-0.2, 0) is 14.8 Å². The lowest BCUT2D eigenvalue weighted by atomic mass is 10.2. The number of methoxy groups -OCH3 is 2. The monoisotopic (exact) mass is 446 g/mol. The highest BCUT2D eigenvalue weighted by Gasteiger charge is 2.31. The van der Waals surface area contributed by atoms with Gasteiger partial charge >= 0.3 is 0 Å². The van der Waals surface area contributed by atoms with E-state index in [0.29, 0.717) is 16.5 Å². The van der Waals surface area contributed by atoms with Gasteiger partial charge in [0.05, 0.1) is 36.2 Å². The molecule has 0 radical (unpaired) electrons. The van der Waals surface area contributed by atoms with E-state index in [9.17, 15) is 13.2 Å². The first-order valence-corrected chi connectivity index (χ1v) is 10.7. The van der Waals surface area contributed by atoms with Crippen LogP contribution >= 0.6 is 23.2 Å². The summed E-state index contributed by atoms with van der Waals surface area (Å²) in [7, 11) is -0.973. The van der Waals surface area contributed by atoms with Crippen molar-refractivity contribution in [1.82, 2.24) is 0 Å². The van der Waals surface area contributed by atoms with Crippen molar-refractivity contribution in [2.24, 2.45) is 0 Å². The summed E-state index contributed by atoms with van der Waals surface area (Å²) < 4.78 is 36.4. The molecule has 1 amide bonds. The van der Waals surface area contributed by atoms with Gasteiger partial charge in [-0.2, -0.15) is 0 Å². The largest absolute Gasteiger partial charge is 0.497 e. The fourth-order valence-corrected chi connectivity index (χ4v) is 4.04. The predicted octanol–water partition coefficient (Wildman–Crippen LogP) is 3.80. The minimum atomic E-state index is -3.84. The van der Waals surface area contributed by atoms with Gasteiger partial charge in [0.1, 0.15) is 17.5 Å². The third-order valence-corrected chi connectivity index (χ3v) is 5.87. The first kappa shape index (κ1) is 22.1. The van der Waals surface area contributed by atoms with Gasteiger partial charge in [0.25, 0.3) is 0 Å². The summed E-state index contributed by atoms with van der Waals surface area (Å²) in [5.74, 6) is 0.135. The molecule has 0 aliphatic rings. The molecular weight excluding hydrogens is 427 g/mol. The highest BCUT2D eigenvalue weighted by Crippen LogP contribution is 2.35. The Balaban J connectivity index is 2.43. The first-order valence-electron chi connectivity index (χ1n) is 8.05. The van der Waals surface area contributed by atoms with Crippen molar-refractivity contribution in [2.45, 2.75) is 13.0 Å². The van der Waals surface area contributed by atoms with Crippen molar-refractivity contribution in [3.8, 4) is 11.5 Å². The average Bonchev–Trinajstić information content (AvgIpc) is 2.63. The summed E-state index contributed by atoms with van der Waals surface area (Å²) in [5.41, 5.74) is 0.568. The van der Waals surface area contributed by atoms with E-state index < -0.39 is 22.0 Å². The highest BCUT2D eigenvalue weighted by atomic mass is 35.5. The number of ether oxygens (including phenoxy) is 2. The minimum Gasteiger partial charge on any atom is -0.497 e. The molecule has 28 heavy (non-hydrogen) atoms. The van der Waals surface area contributed by atoms with Crippen molar-refractivity contribution in [3.05, 3.63) is 46.4 Å². The van der Waals surface area contributed by atoms with Crippen LogP contribution in [0.1, 0.15) is 6.92 Å². The molecule has 0 aliphatic heterocycles. The van der Waals surface area contributed by atoms with Crippen LogP contribution in [0.15, 0.2) is 36.4 Å². The molecule has 0 aliphatic carbocycles. The zero-order chi connectivity index (χ0) is 21.1. The van der Waals surface area contributed by atoms with E-state index in [1.165, 1.54) is 39.3 Å². The Morgan fingerprint density at radius 1 is 1.07 bits per heavy atom. The molecule has 0 fully saturated rings. The number of sulfonamides is 1. The number of rotatable bonds is 7. The molecular formula is C18H20Cl2N2O5S. The second kappa shape index (κ2) is 8.89. The summed E-state index contributed by atoms with van der Waals surface area (Å²) in [4.78, 5) is 12.8. The van der Waals surface area contributed by atoms with Crippen molar-refractivity contribution < 1.29 is 22.7 Å². The van der Waals surface area contributed by atoms with E-state index in [2.05, 4.69) is 5.32 Å². The second-order valence-corrected chi connectivity index (χ2v) is 8.56. The van der Waals surface area contributed by atoms with Gasteiger partial charge in [-0.1, -0.05) is 23.2 Å². The third-order valence-electron chi connectivity index (χ3n) is 3.90. The summed E-state index contributed by atoms with van der Waals surface area (Å²) in [6, 6.07) is 8.16. The Morgan fingerprint density at radius 2 is 1.75 bits per heavy atom. The van der Waals surface area contributed by atoms with E-state index in [4.69, 9.17) is 32.7 Å². The van der Waals surface area contributed by atoms with Crippen LogP contribution in [-0.4, -0.2) is 40.8 Å². The maximum absolute atomic E-state index is 12.8. The van der Waals surface area contributed by atoms with Gasteiger partial charge in [0.2, 0.25) is 15.9 Å². The lowest BCUT2D eigenvalue weighted by Gasteiger charge is -2.29. The topological polar surface area (TPSA) is 84.9 Å². The quantitative estimate of drug-likeness (QED) is 0.698. The molecule has 0 aromatic heterocycles. The molecule has 1 atom stereocenters. The molecule has 0 saturated carbocycles. The minimum absolute atomic E-state index is 0.182. The number of hydrogen-bond donors (Lipinski definition) is 1. The predicted molar refractivity (Wildman–Crippen MR) is 111 cm³/mol. The van der Waals surface area contributed by atoms with Crippen LogP contribution in [0.5, 0.6) is 11.5 Å². The van der Waals surface area contributed by atoms with E-state index in [1.54, 1.807) is 18.2 Å². The van der Waals surface area contributed by atoms with Gasteiger partial charge in [-0.05, 0) is 37.3 Å². The molecule has 10 heteroatoms. The molecule has 0 saturated heterocycles. The van der Waals surface area contributed by atoms with Gasteiger partial charge in [-0.25, -0.2) is 8.42 Å². The first-order chi connectivity index (χ1) is 13.1. The van der Waals surface area contributed by atoms with Crippen molar-refractivity contribution in [3.63, 3.8) is 0 Å². The van der Waals surface area contributed by atoms with Crippen LogP contribution in [0.3, 0.4) is 0 Å². The zero-order valence-electron chi connectivity index (χ0n) is 15.7. The Kier molecular flexibility index (Phi) is 7.03. The molecule has 0 unspecified atom stereocenters. The Hall–Kier alpha value is -2.16. The highest BCUT2D eigenvalue weighted by molar-refractivity contribution is 7.92. The maximum Gasteiger partial charge on any atom is 0.247 e. The number of hydrogen-bond acceptors (Lipinski definition) is 5. The number of carbonyl (C=O) groups is 1. The second-order valence-electron chi connectivity index (χ2n) is 5.89. The van der Waals surface area contributed by atoms with E-state index in [0.717, 1.165) is 10.6 Å². The summed E-state index contributed by atoms with van der Waals surface area (Å²) in [6.07, 6.45) is 1.01. The van der Waals surface area contributed by atoms with Crippen molar-refractivity contribution in [2.75, 3.05) is 30.1 Å². The van der Waals surface area contributed by atoms with Gasteiger partial charge in [0.15, 0.2) is 0 Å².